The van der Waals surface area contributed by atoms with Crippen LogP contribution in [-0.2, 0) is 9.59 Å². The van der Waals surface area contributed by atoms with Crippen LogP contribution in [0, 0.1) is 12.8 Å². The highest BCUT2D eigenvalue weighted by atomic mass is 16.3. The second-order valence-corrected chi connectivity index (χ2v) is 9.78. The summed E-state index contributed by atoms with van der Waals surface area (Å²) in [5.74, 6) is -0.0794. The van der Waals surface area contributed by atoms with E-state index in [-0.39, 0.29) is 23.8 Å². The lowest BCUT2D eigenvalue weighted by Gasteiger charge is -2.33. The quantitative estimate of drug-likeness (QED) is 0.475. The molecule has 2 N–H and O–H groups in total. The Bertz CT molecular complexity index is 1220. The molecule has 0 aliphatic carbocycles. The third kappa shape index (κ3) is 6.39. The molecule has 8 heteroatoms. The fourth-order valence-corrected chi connectivity index (χ4v) is 4.69. The van der Waals surface area contributed by atoms with Gasteiger partial charge < -0.3 is 14.9 Å². The fourth-order valence-electron chi connectivity index (χ4n) is 4.69. The molecule has 0 bridgehead atoms. The SMILES string of the molecule is CC(=O)N1CCC(C(=O)N(C)c2cc(-c3ccc(C)cc3)cc(C(O)NC(C)c3cnccn3)c2)CC1. The van der Waals surface area contributed by atoms with Crippen LogP contribution in [0.2, 0.25) is 0 Å². The van der Waals surface area contributed by atoms with Gasteiger partial charge >= 0.3 is 0 Å². The maximum absolute atomic E-state index is 13.4. The van der Waals surface area contributed by atoms with Crippen LogP contribution in [0.3, 0.4) is 0 Å². The second kappa shape index (κ2) is 11.6. The van der Waals surface area contributed by atoms with E-state index in [4.69, 9.17) is 0 Å². The number of anilines is 1. The fraction of sp³-hybridized carbons (Fsp3) is 0.379. The third-order valence-corrected chi connectivity index (χ3v) is 7.08. The summed E-state index contributed by atoms with van der Waals surface area (Å²) in [4.78, 5) is 37.0. The molecule has 1 saturated heterocycles. The number of carbonyl (C=O) groups excluding carboxylic acids is 2. The van der Waals surface area contributed by atoms with Gasteiger partial charge in [-0.25, -0.2) is 0 Å². The van der Waals surface area contributed by atoms with Crippen molar-refractivity contribution in [3.8, 4) is 11.1 Å². The van der Waals surface area contributed by atoms with Crippen LogP contribution in [-0.4, -0.2) is 51.9 Å². The smallest absolute Gasteiger partial charge is 0.229 e. The first-order valence-corrected chi connectivity index (χ1v) is 12.7. The van der Waals surface area contributed by atoms with Crippen molar-refractivity contribution in [2.75, 3.05) is 25.0 Å². The molecule has 2 aromatic carbocycles. The van der Waals surface area contributed by atoms with Crippen molar-refractivity contribution in [3.05, 3.63) is 77.9 Å². The summed E-state index contributed by atoms with van der Waals surface area (Å²) >= 11 is 0. The summed E-state index contributed by atoms with van der Waals surface area (Å²) in [5, 5.41) is 14.3. The maximum atomic E-state index is 13.4. The van der Waals surface area contributed by atoms with Crippen molar-refractivity contribution < 1.29 is 14.7 Å². The average molecular weight is 502 g/mol. The average Bonchev–Trinajstić information content (AvgIpc) is 2.92. The van der Waals surface area contributed by atoms with E-state index in [2.05, 4.69) is 15.3 Å². The number of benzene rings is 2. The lowest BCUT2D eigenvalue weighted by molar-refractivity contribution is -0.133. The van der Waals surface area contributed by atoms with Gasteiger partial charge in [0.1, 0.15) is 6.23 Å². The van der Waals surface area contributed by atoms with Gasteiger partial charge in [0.05, 0.1) is 11.7 Å². The van der Waals surface area contributed by atoms with Gasteiger partial charge in [0.15, 0.2) is 0 Å². The van der Waals surface area contributed by atoms with E-state index in [1.54, 1.807) is 42.4 Å². The van der Waals surface area contributed by atoms with Gasteiger partial charge in [-0.15, -0.1) is 0 Å². The molecule has 4 rings (SSSR count). The summed E-state index contributed by atoms with van der Waals surface area (Å²) in [6.45, 7) is 6.71. The van der Waals surface area contributed by atoms with E-state index >= 15 is 0 Å². The van der Waals surface area contributed by atoms with Crippen molar-refractivity contribution in [1.29, 1.82) is 0 Å². The van der Waals surface area contributed by atoms with Crippen LogP contribution in [0.25, 0.3) is 11.1 Å². The van der Waals surface area contributed by atoms with Crippen molar-refractivity contribution >= 4 is 17.5 Å². The highest BCUT2D eigenvalue weighted by Gasteiger charge is 2.29. The highest BCUT2D eigenvalue weighted by molar-refractivity contribution is 5.95. The molecule has 0 spiro atoms. The van der Waals surface area contributed by atoms with Crippen LogP contribution < -0.4 is 10.2 Å². The summed E-state index contributed by atoms with van der Waals surface area (Å²) < 4.78 is 0. The number of nitrogens with one attached hydrogen (secondary N) is 1. The molecule has 1 aliphatic heterocycles. The van der Waals surface area contributed by atoms with Gasteiger partial charge in [0, 0.05) is 57.3 Å². The number of aromatic nitrogens is 2. The normalized spacial score (nSPS) is 15.8. The molecule has 2 amide bonds. The molecular formula is C29H35N5O3. The van der Waals surface area contributed by atoms with Crippen LogP contribution in [0.4, 0.5) is 5.69 Å². The van der Waals surface area contributed by atoms with Gasteiger partial charge in [-0.05, 0) is 61.6 Å². The molecule has 1 aromatic heterocycles. The van der Waals surface area contributed by atoms with E-state index in [0.717, 1.165) is 22.4 Å². The van der Waals surface area contributed by atoms with E-state index < -0.39 is 6.23 Å². The zero-order valence-electron chi connectivity index (χ0n) is 21.9. The Kier molecular flexibility index (Phi) is 8.31. The molecule has 2 atom stereocenters. The lowest BCUT2D eigenvalue weighted by atomic mass is 9.94. The number of aryl methyl sites for hydroxylation is 1. The molecule has 194 valence electrons. The van der Waals surface area contributed by atoms with Crippen LogP contribution >= 0.6 is 0 Å². The van der Waals surface area contributed by atoms with E-state index in [9.17, 15) is 14.7 Å². The molecule has 8 nitrogen and oxygen atoms in total. The summed E-state index contributed by atoms with van der Waals surface area (Å²) in [7, 11) is 1.78. The molecule has 37 heavy (non-hydrogen) atoms. The first-order valence-electron chi connectivity index (χ1n) is 12.7. The van der Waals surface area contributed by atoms with Gasteiger partial charge in [-0.1, -0.05) is 29.8 Å². The van der Waals surface area contributed by atoms with Crippen LogP contribution in [0.1, 0.15) is 55.8 Å². The summed E-state index contributed by atoms with van der Waals surface area (Å²) in [6, 6.07) is 13.7. The first kappa shape index (κ1) is 26.4. The maximum Gasteiger partial charge on any atom is 0.229 e. The highest BCUT2D eigenvalue weighted by Crippen LogP contribution is 2.31. The number of aliphatic hydroxyl groups excluding tert-OH is 1. The molecule has 3 aromatic rings. The molecule has 2 heterocycles. The monoisotopic (exact) mass is 501 g/mol. The van der Waals surface area contributed by atoms with Crippen molar-refractivity contribution in [2.24, 2.45) is 5.92 Å². The van der Waals surface area contributed by atoms with E-state index in [0.29, 0.717) is 37.2 Å². The zero-order chi connectivity index (χ0) is 26.5. The largest absolute Gasteiger partial charge is 0.374 e. The number of aliphatic hydroxyl groups is 1. The molecular weight excluding hydrogens is 466 g/mol. The number of nitrogens with zero attached hydrogens (tertiary/aromatic N) is 4. The minimum Gasteiger partial charge on any atom is -0.374 e. The van der Waals surface area contributed by atoms with Crippen LogP contribution in [0.5, 0.6) is 0 Å². The van der Waals surface area contributed by atoms with Gasteiger partial charge in [0.25, 0.3) is 0 Å². The molecule has 1 fully saturated rings. The third-order valence-electron chi connectivity index (χ3n) is 7.08. The van der Waals surface area contributed by atoms with Crippen molar-refractivity contribution in [1.82, 2.24) is 20.2 Å². The first-order chi connectivity index (χ1) is 17.7. The molecule has 1 aliphatic rings. The summed E-state index contributed by atoms with van der Waals surface area (Å²) in [6.07, 6.45) is 5.21. The van der Waals surface area contributed by atoms with Crippen molar-refractivity contribution in [2.45, 2.75) is 45.9 Å². The number of piperidine rings is 1. The minimum atomic E-state index is -0.983. The Hall–Kier alpha value is -3.62. The Morgan fingerprint density at radius 2 is 1.78 bits per heavy atom. The lowest BCUT2D eigenvalue weighted by Crippen LogP contribution is -2.42. The van der Waals surface area contributed by atoms with Crippen molar-refractivity contribution in [3.63, 3.8) is 0 Å². The second-order valence-electron chi connectivity index (χ2n) is 9.78. The number of hydrogen-bond acceptors (Lipinski definition) is 6. The molecule has 0 radical (unpaired) electrons. The number of amides is 2. The standard InChI is InChI=1S/C29H35N5O3/c1-19-5-7-22(8-6-19)24-15-25(28(36)32-20(2)27-18-30-11-12-31-27)17-26(16-24)33(4)29(37)23-9-13-34(14-10-23)21(3)35/h5-8,11-12,15-18,20,23,28,32,36H,9-10,13-14H2,1-4H3. The van der Waals surface area contributed by atoms with Crippen LogP contribution in [0.15, 0.2) is 61.1 Å². The predicted molar refractivity (Wildman–Crippen MR) is 144 cm³/mol. The Labute approximate surface area is 218 Å². The minimum absolute atomic E-state index is 0.0191. The zero-order valence-corrected chi connectivity index (χ0v) is 21.9. The summed E-state index contributed by atoms with van der Waals surface area (Å²) in [5.41, 5.74) is 5.14. The number of rotatable bonds is 7. The number of carbonyl (C=O) groups is 2. The molecule has 2 unspecified atom stereocenters. The van der Waals surface area contributed by atoms with E-state index in [1.165, 1.54) is 0 Å². The Morgan fingerprint density at radius 1 is 1.08 bits per heavy atom. The van der Waals surface area contributed by atoms with E-state index in [1.807, 2.05) is 56.3 Å². The van der Waals surface area contributed by atoms with Gasteiger partial charge in [0.2, 0.25) is 11.8 Å². The number of likely N-dealkylation sites (tertiary alicyclic amines) is 1. The van der Waals surface area contributed by atoms with Gasteiger partial charge in [-0.3, -0.25) is 24.9 Å². The molecule has 0 saturated carbocycles. The Balaban J connectivity index is 1.61. The predicted octanol–water partition coefficient (Wildman–Crippen LogP) is 4.02. The number of hydrogen-bond donors (Lipinski definition) is 2. The van der Waals surface area contributed by atoms with Gasteiger partial charge in [-0.2, -0.15) is 0 Å². The topological polar surface area (TPSA) is 98.7 Å². The Morgan fingerprint density at radius 3 is 2.41 bits per heavy atom.